The number of benzene rings is 1. The Morgan fingerprint density at radius 1 is 1.52 bits per heavy atom. The molecule has 3 rings (SSSR count). The van der Waals surface area contributed by atoms with E-state index in [4.69, 9.17) is 14.7 Å². The van der Waals surface area contributed by atoms with Crippen molar-refractivity contribution in [2.45, 2.75) is 31.2 Å². The molecule has 2 unspecified atom stereocenters. The number of fused-ring (bicyclic) bond motifs is 4. The predicted octanol–water partition coefficient (Wildman–Crippen LogP) is 1.67. The average molecular weight is 318 g/mol. The third-order valence-corrected chi connectivity index (χ3v) is 5.05. The molecule has 0 aromatic heterocycles. The minimum absolute atomic E-state index is 0.142. The number of carboxylic acid groups (broad SMARTS) is 1. The highest BCUT2D eigenvalue weighted by Crippen LogP contribution is 2.43. The van der Waals surface area contributed by atoms with Crippen LogP contribution < -0.4 is 4.74 Å². The zero-order valence-electron chi connectivity index (χ0n) is 13.7. The molecule has 1 aliphatic heterocycles. The van der Waals surface area contributed by atoms with Crippen LogP contribution in [0.1, 0.15) is 24.5 Å². The molecule has 1 aliphatic carbocycles. The van der Waals surface area contributed by atoms with Gasteiger partial charge in [-0.3, -0.25) is 4.90 Å². The van der Waals surface area contributed by atoms with Crippen molar-refractivity contribution in [2.75, 3.05) is 27.3 Å². The summed E-state index contributed by atoms with van der Waals surface area (Å²) in [5.74, 6) is -0.191. The second-order valence-corrected chi connectivity index (χ2v) is 6.45. The molecule has 1 aromatic carbocycles. The van der Waals surface area contributed by atoms with Crippen LogP contribution in [-0.4, -0.2) is 55.0 Å². The molecule has 1 heterocycles. The van der Waals surface area contributed by atoms with Crippen molar-refractivity contribution in [3.05, 3.63) is 29.3 Å². The maximum absolute atomic E-state index is 10.7. The SMILES string of the molecule is COc1ccc2c(c1)C1(C)CCN(C)C(C2)/C1=N\OCC(=O)O. The highest BCUT2D eigenvalue weighted by molar-refractivity contribution is 6.01. The van der Waals surface area contributed by atoms with E-state index in [9.17, 15) is 4.79 Å². The van der Waals surface area contributed by atoms with Gasteiger partial charge >= 0.3 is 5.97 Å². The van der Waals surface area contributed by atoms with E-state index in [0.717, 1.165) is 30.8 Å². The van der Waals surface area contributed by atoms with Gasteiger partial charge in [0.1, 0.15) is 5.75 Å². The first-order valence-corrected chi connectivity index (χ1v) is 7.75. The van der Waals surface area contributed by atoms with E-state index in [1.807, 2.05) is 6.07 Å². The molecule has 2 bridgehead atoms. The zero-order chi connectivity index (χ0) is 16.6. The Kier molecular flexibility index (Phi) is 4.02. The van der Waals surface area contributed by atoms with E-state index in [1.165, 1.54) is 11.1 Å². The van der Waals surface area contributed by atoms with Crippen LogP contribution in [0.3, 0.4) is 0 Å². The molecular weight excluding hydrogens is 296 g/mol. The summed E-state index contributed by atoms with van der Waals surface area (Å²) in [6.45, 7) is 2.71. The number of carboxylic acids is 1. The predicted molar refractivity (Wildman–Crippen MR) is 86.1 cm³/mol. The lowest BCUT2D eigenvalue weighted by atomic mass is 9.63. The maximum atomic E-state index is 10.7. The normalized spacial score (nSPS) is 28.3. The van der Waals surface area contributed by atoms with Gasteiger partial charge in [-0.25, -0.2) is 4.79 Å². The Morgan fingerprint density at radius 3 is 3.00 bits per heavy atom. The molecule has 0 saturated carbocycles. The number of methoxy groups -OCH3 is 1. The third-order valence-electron chi connectivity index (χ3n) is 5.05. The number of ether oxygens (including phenoxy) is 1. The van der Waals surface area contributed by atoms with Crippen LogP contribution in [0.15, 0.2) is 23.4 Å². The van der Waals surface area contributed by atoms with Gasteiger partial charge in [-0.2, -0.15) is 0 Å². The van der Waals surface area contributed by atoms with E-state index in [2.05, 4.69) is 36.2 Å². The largest absolute Gasteiger partial charge is 0.497 e. The molecule has 0 radical (unpaired) electrons. The second kappa shape index (κ2) is 5.85. The summed E-state index contributed by atoms with van der Waals surface area (Å²) in [5, 5.41) is 13.0. The van der Waals surface area contributed by atoms with Crippen LogP contribution >= 0.6 is 0 Å². The monoisotopic (exact) mass is 318 g/mol. The lowest BCUT2D eigenvalue weighted by molar-refractivity contribution is -0.142. The van der Waals surface area contributed by atoms with Crippen molar-refractivity contribution in [2.24, 2.45) is 5.16 Å². The number of aliphatic carboxylic acids is 1. The number of hydrogen-bond donors (Lipinski definition) is 1. The molecule has 1 aromatic rings. The van der Waals surface area contributed by atoms with Crippen molar-refractivity contribution in [3.8, 4) is 5.75 Å². The Labute approximate surface area is 135 Å². The number of likely N-dealkylation sites (N-methyl/N-ethyl adjacent to an activating group) is 1. The summed E-state index contributed by atoms with van der Waals surface area (Å²) in [4.78, 5) is 18.0. The van der Waals surface area contributed by atoms with Gasteiger partial charge in [0.15, 0.2) is 0 Å². The van der Waals surface area contributed by atoms with Gasteiger partial charge in [0.05, 0.1) is 18.9 Å². The van der Waals surface area contributed by atoms with Crippen molar-refractivity contribution >= 4 is 11.7 Å². The Morgan fingerprint density at radius 2 is 2.30 bits per heavy atom. The lowest BCUT2D eigenvalue weighted by Gasteiger charge is -2.49. The maximum Gasteiger partial charge on any atom is 0.344 e. The number of piperidine rings is 1. The number of hydrogen-bond acceptors (Lipinski definition) is 5. The number of likely N-dealkylation sites (tertiary alicyclic amines) is 1. The highest BCUT2D eigenvalue weighted by Gasteiger charge is 2.48. The van der Waals surface area contributed by atoms with E-state index >= 15 is 0 Å². The summed E-state index contributed by atoms with van der Waals surface area (Å²) >= 11 is 0. The number of nitrogens with zero attached hydrogens (tertiary/aromatic N) is 2. The highest BCUT2D eigenvalue weighted by atomic mass is 16.6. The van der Waals surface area contributed by atoms with Gasteiger partial charge in [0, 0.05) is 5.41 Å². The molecule has 2 aliphatic rings. The molecule has 1 fully saturated rings. The molecular formula is C17H22N2O4. The van der Waals surface area contributed by atoms with Crippen LogP contribution in [0.25, 0.3) is 0 Å². The molecule has 0 amide bonds. The Bertz CT molecular complexity index is 658. The summed E-state index contributed by atoms with van der Waals surface area (Å²) in [6.07, 6.45) is 1.76. The molecule has 0 spiro atoms. The molecule has 6 nitrogen and oxygen atoms in total. The molecule has 6 heteroatoms. The third kappa shape index (κ3) is 2.67. The fourth-order valence-corrected chi connectivity index (χ4v) is 3.69. The van der Waals surface area contributed by atoms with Gasteiger partial charge in [0.2, 0.25) is 6.61 Å². The van der Waals surface area contributed by atoms with E-state index in [-0.39, 0.29) is 11.5 Å². The summed E-state index contributed by atoms with van der Waals surface area (Å²) in [7, 11) is 3.74. The van der Waals surface area contributed by atoms with Crippen LogP contribution in [-0.2, 0) is 21.5 Å². The van der Waals surface area contributed by atoms with E-state index in [1.54, 1.807) is 7.11 Å². The number of oxime groups is 1. The van der Waals surface area contributed by atoms with Crippen LogP contribution in [0.5, 0.6) is 5.75 Å². The van der Waals surface area contributed by atoms with Crippen molar-refractivity contribution in [1.29, 1.82) is 0 Å². The Hall–Kier alpha value is -2.08. The first-order valence-electron chi connectivity index (χ1n) is 7.75. The topological polar surface area (TPSA) is 71.4 Å². The molecule has 124 valence electrons. The fourth-order valence-electron chi connectivity index (χ4n) is 3.69. The zero-order valence-corrected chi connectivity index (χ0v) is 13.7. The number of rotatable bonds is 4. The molecule has 1 N–H and O–H groups in total. The van der Waals surface area contributed by atoms with Gasteiger partial charge in [-0.15, -0.1) is 0 Å². The first-order chi connectivity index (χ1) is 11.0. The van der Waals surface area contributed by atoms with E-state index < -0.39 is 12.6 Å². The Balaban J connectivity index is 2.04. The van der Waals surface area contributed by atoms with Crippen molar-refractivity contribution in [1.82, 2.24) is 4.90 Å². The molecule has 1 saturated heterocycles. The minimum atomic E-state index is -1.02. The van der Waals surface area contributed by atoms with Gasteiger partial charge in [-0.1, -0.05) is 11.2 Å². The molecule has 23 heavy (non-hydrogen) atoms. The van der Waals surface area contributed by atoms with Crippen LogP contribution in [0, 0.1) is 0 Å². The van der Waals surface area contributed by atoms with Crippen LogP contribution in [0.2, 0.25) is 0 Å². The molecule has 2 atom stereocenters. The summed E-state index contributed by atoms with van der Waals surface area (Å²) in [5.41, 5.74) is 3.16. The number of carbonyl (C=O) groups is 1. The second-order valence-electron chi connectivity index (χ2n) is 6.45. The van der Waals surface area contributed by atoms with Gasteiger partial charge in [0.25, 0.3) is 0 Å². The standard InChI is InChI=1S/C17H22N2O4/c1-17-6-7-19(2)14(16(17)18-23-10-15(20)21)8-11-4-5-12(22-3)9-13(11)17/h4-5,9,14H,6-8,10H2,1-3H3,(H,20,21)/b18-16+. The van der Waals surface area contributed by atoms with Crippen molar-refractivity contribution < 1.29 is 19.5 Å². The first kappa shape index (κ1) is 15.8. The van der Waals surface area contributed by atoms with Crippen molar-refractivity contribution in [3.63, 3.8) is 0 Å². The van der Waals surface area contributed by atoms with Gasteiger partial charge < -0.3 is 14.7 Å². The smallest absolute Gasteiger partial charge is 0.344 e. The lowest BCUT2D eigenvalue weighted by Crippen LogP contribution is -2.58. The quantitative estimate of drug-likeness (QED) is 0.855. The van der Waals surface area contributed by atoms with E-state index in [0.29, 0.717) is 0 Å². The summed E-state index contributed by atoms with van der Waals surface area (Å²) in [6, 6.07) is 6.32. The fraction of sp³-hybridized carbons (Fsp3) is 0.529. The van der Waals surface area contributed by atoms with Gasteiger partial charge in [-0.05, 0) is 56.6 Å². The summed E-state index contributed by atoms with van der Waals surface area (Å²) < 4.78 is 5.37. The average Bonchev–Trinajstić information content (AvgIpc) is 2.53. The minimum Gasteiger partial charge on any atom is -0.497 e. The van der Waals surface area contributed by atoms with Crippen LogP contribution in [0.4, 0.5) is 0 Å².